The van der Waals surface area contributed by atoms with Crippen LogP contribution in [0.4, 0.5) is 4.39 Å². The molecule has 1 atom stereocenters. The lowest BCUT2D eigenvalue weighted by atomic mass is 10.0. The molecule has 1 aliphatic heterocycles. The molecule has 2 aromatic rings. The summed E-state index contributed by atoms with van der Waals surface area (Å²) in [5.41, 5.74) is 2.04. The highest BCUT2D eigenvalue weighted by molar-refractivity contribution is 6.39. The van der Waals surface area contributed by atoms with E-state index in [0.717, 1.165) is 5.56 Å². The fourth-order valence-electron chi connectivity index (χ4n) is 2.54. The van der Waals surface area contributed by atoms with Crippen LogP contribution in [0.25, 0.3) is 11.1 Å². The first-order chi connectivity index (χ1) is 9.97. The number of halogens is 3. The summed E-state index contributed by atoms with van der Waals surface area (Å²) in [7, 11) is 3.85. The first-order valence-electron chi connectivity index (χ1n) is 6.57. The van der Waals surface area contributed by atoms with Crippen LogP contribution in [0.3, 0.4) is 0 Å². The topological polar surface area (TPSA) is 12.5 Å². The van der Waals surface area contributed by atoms with Gasteiger partial charge in [0.05, 0.1) is 10.0 Å². The minimum absolute atomic E-state index is 0.109. The number of likely N-dealkylation sites (N-methyl/N-ethyl adjacent to an activating group) is 1. The molecule has 0 N–H and O–H groups in total. The summed E-state index contributed by atoms with van der Waals surface area (Å²) in [6, 6.07) is 8.16. The summed E-state index contributed by atoms with van der Waals surface area (Å²) in [4.78, 5) is 1.95. The van der Waals surface area contributed by atoms with E-state index in [0.29, 0.717) is 33.3 Å². The van der Waals surface area contributed by atoms with Crippen LogP contribution in [0.15, 0.2) is 30.3 Å². The highest BCUT2D eigenvalue weighted by Crippen LogP contribution is 2.44. The molecule has 0 radical (unpaired) electrons. The zero-order chi connectivity index (χ0) is 15.1. The van der Waals surface area contributed by atoms with Crippen molar-refractivity contribution in [2.45, 2.75) is 12.6 Å². The van der Waals surface area contributed by atoms with Crippen LogP contribution in [0.1, 0.15) is 5.56 Å². The molecule has 0 bridgehead atoms. The van der Waals surface area contributed by atoms with Crippen LogP contribution in [-0.2, 0) is 6.42 Å². The highest BCUT2D eigenvalue weighted by Gasteiger charge is 2.29. The summed E-state index contributed by atoms with van der Waals surface area (Å²) in [5, 5.41) is 0.958. The van der Waals surface area contributed by atoms with E-state index in [1.807, 2.05) is 19.0 Å². The van der Waals surface area contributed by atoms with Crippen molar-refractivity contribution in [3.63, 3.8) is 0 Å². The van der Waals surface area contributed by atoms with Crippen LogP contribution in [-0.4, -0.2) is 25.2 Å². The van der Waals surface area contributed by atoms with Crippen LogP contribution in [0.2, 0.25) is 10.0 Å². The van der Waals surface area contributed by atoms with Gasteiger partial charge in [0.15, 0.2) is 6.23 Å². The lowest BCUT2D eigenvalue weighted by Gasteiger charge is -2.19. The lowest BCUT2D eigenvalue weighted by molar-refractivity contribution is 0.0866. The van der Waals surface area contributed by atoms with Crippen molar-refractivity contribution in [2.24, 2.45) is 0 Å². The molecule has 2 aromatic carbocycles. The minimum Gasteiger partial charge on any atom is -0.474 e. The van der Waals surface area contributed by atoms with Gasteiger partial charge in [0, 0.05) is 23.1 Å². The molecule has 0 spiro atoms. The molecular weight excluding hydrogens is 312 g/mol. The molecule has 0 aliphatic carbocycles. The Morgan fingerprint density at radius 2 is 1.86 bits per heavy atom. The second kappa shape index (κ2) is 5.48. The summed E-state index contributed by atoms with van der Waals surface area (Å²) < 4.78 is 19.9. The van der Waals surface area contributed by atoms with E-state index in [1.165, 1.54) is 12.1 Å². The fourth-order valence-corrected chi connectivity index (χ4v) is 3.14. The van der Waals surface area contributed by atoms with Crippen molar-refractivity contribution in [1.82, 2.24) is 4.90 Å². The Bertz CT molecular complexity index is 683. The van der Waals surface area contributed by atoms with E-state index < -0.39 is 0 Å². The Morgan fingerprint density at radius 3 is 2.48 bits per heavy atom. The second-order valence-corrected chi connectivity index (χ2v) is 6.09. The van der Waals surface area contributed by atoms with E-state index in [-0.39, 0.29) is 12.0 Å². The van der Waals surface area contributed by atoms with Gasteiger partial charge in [-0.1, -0.05) is 29.3 Å². The summed E-state index contributed by atoms with van der Waals surface area (Å²) in [6.45, 7) is 0. The van der Waals surface area contributed by atoms with Gasteiger partial charge in [0.1, 0.15) is 11.6 Å². The molecule has 0 fully saturated rings. The van der Waals surface area contributed by atoms with Crippen molar-refractivity contribution in [1.29, 1.82) is 0 Å². The molecule has 2 nitrogen and oxygen atoms in total. The second-order valence-electron chi connectivity index (χ2n) is 5.28. The van der Waals surface area contributed by atoms with E-state index >= 15 is 0 Å². The van der Waals surface area contributed by atoms with Crippen molar-refractivity contribution in [3.05, 3.63) is 51.8 Å². The Labute approximate surface area is 133 Å². The summed E-state index contributed by atoms with van der Waals surface area (Å²) >= 11 is 12.5. The van der Waals surface area contributed by atoms with E-state index in [9.17, 15) is 4.39 Å². The Kier molecular flexibility index (Phi) is 3.82. The maximum absolute atomic E-state index is 13.9. The number of hydrogen-bond donors (Lipinski definition) is 0. The first kappa shape index (κ1) is 14.6. The van der Waals surface area contributed by atoms with Crippen LogP contribution >= 0.6 is 23.2 Å². The largest absolute Gasteiger partial charge is 0.474 e. The third kappa shape index (κ3) is 2.61. The molecule has 110 valence electrons. The number of hydrogen-bond acceptors (Lipinski definition) is 2. The number of ether oxygens (including phenoxy) is 1. The Hall–Kier alpha value is -1.29. The van der Waals surface area contributed by atoms with Gasteiger partial charge in [0.25, 0.3) is 0 Å². The van der Waals surface area contributed by atoms with Crippen LogP contribution < -0.4 is 4.74 Å². The average Bonchev–Trinajstić information content (AvgIpc) is 2.82. The summed E-state index contributed by atoms with van der Waals surface area (Å²) in [5.74, 6) is 0.341. The van der Waals surface area contributed by atoms with E-state index in [4.69, 9.17) is 27.9 Å². The molecular formula is C16H14Cl2FNO. The van der Waals surface area contributed by atoms with Crippen molar-refractivity contribution in [3.8, 4) is 16.9 Å². The van der Waals surface area contributed by atoms with Crippen molar-refractivity contribution < 1.29 is 9.13 Å². The minimum atomic E-state index is -0.317. The van der Waals surface area contributed by atoms with E-state index in [2.05, 4.69) is 0 Å². The predicted molar refractivity (Wildman–Crippen MR) is 83.7 cm³/mol. The van der Waals surface area contributed by atoms with Gasteiger partial charge >= 0.3 is 0 Å². The maximum atomic E-state index is 13.9. The zero-order valence-electron chi connectivity index (χ0n) is 11.7. The number of nitrogens with zero attached hydrogens (tertiary/aromatic N) is 1. The van der Waals surface area contributed by atoms with Gasteiger partial charge in [-0.3, -0.25) is 4.90 Å². The van der Waals surface area contributed by atoms with Crippen molar-refractivity contribution in [2.75, 3.05) is 14.1 Å². The number of benzene rings is 2. The zero-order valence-corrected chi connectivity index (χ0v) is 13.2. The molecule has 1 aliphatic rings. The SMILES string of the molecule is CN(C)C1Cc2cc(F)cc(-c3c(Cl)cccc3Cl)c2O1. The van der Waals surface area contributed by atoms with Gasteiger partial charge in [-0.25, -0.2) is 4.39 Å². The third-order valence-electron chi connectivity index (χ3n) is 3.59. The highest BCUT2D eigenvalue weighted by atomic mass is 35.5. The first-order valence-corrected chi connectivity index (χ1v) is 7.33. The predicted octanol–water partition coefficient (Wildman–Crippen LogP) is 4.62. The smallest absolute Gasteiger partial charge is 0.156 e. The summed E-state index contributed by atoms with van der Waals surface area (Å²) in [6.07, 6.45) is 0.525. The molecule has 0 aromatic heterocycles. The Morgan fingerprint density at radius 1 is 1.19 bits per heavy atom. The van der Waals surface area contributed by atoms with Crippen molar-refractivity contribution >= 4 is 23.2 Å². The average molecular weight is 326 g/mol. The van der Waals surface area contributed by atoms with Crippen LogP contribution in [0.5, 0.6) is 5.75 Å². The van der Waals surface area contributed by atoms with Gasteiger partial charge in [-0.15, -0.1) is 0 Å². The molecule has 0 saturated carbocycles. The quantitative estimate of drug-likeness (QED) is 0.798. The normalized spacial score (nSPS) is 17.0. The van der Waals surface area contributed by atoms with Gasteiger partial charge < -0.3 is 4.74 Å². The van der Waals surface area contributed by atoms with Gasteiger partial charge in [-0.2, -0.15) is 0 Å². The molecule has 0 amide bonds. The molecule has 21 heavy (non-hydrogen) atoms. The molecule has 3 rings (SSSR count). The van der Waals surface area contributed by atoms with Gasteiger partial charge in [-0.05, 0) is 38.4 Å². The molecule has 0 saturated heterocycles. The monoisotopic (exact) mass is 325 g/mol. The maximum Gasteiger partial charge on any atom is 0.156 e. The standard InChI is InChI=1S/C16H14Cl2FNO/c1-20(2)14-7-9-6-10(19)8-11(16(9)21-14)15-12(17)4-3-5-13(15)18/h3-6,8,14H,7H2,1-2H3. The van der Waals surface area contributed by atoms with E-state index in [1.54, 1.807) is 18.2 Å². The Balaban J connectivity index is 2.18. The third-order valence-corrected chi connectivity index (χ3v) is 4.22. The molecule has 1 unspecified atom stereocenters. The van der Waals surface area contributed by atoms with Crippen LogP contribution in [0, 0.1) is 5.82 Å². The number of rotatable bonds is 2. The number of fused-ring (bicyclic) bond motifs is 1. The molecule has 1 heterocycles. The van der Waals surface area contributed by atoms with Gasteiger partial charge in [0.2, 0.25) is 0 Å². The lowest BCUT2D eigenvalue weighted by Crippen LogP contribution is -2.31. The fraction of sp³-hybridized carbons (Fsp3) is 0.250. The molecule has 5 heteroatoms.